The lowest BCUT2D eigenvalue weighted by atomic mass is 10.0. The van der Waals surface area contributed by atoms with Gasteiger partial charge in [-0.15, -0.1) is 0 Å². The van der Waals surface area contributed by atoms with E-state index in [2.05, 4.69) is 6.92 Å². The molecular weight excluding hydrogens is 248 g/mol. The first-order chi connectivity index (χ1) is 8.45. The normalized spacial score (nSPS) is 13.5. The second kappa shape index (κ2) is 6.90. The zero-order valence-corrected chi connectivity index (χ0v) is 11.9. The zero-order valence-electron chi connectivity index (χ0n) is 11.1. The molecule has 0 spiro atoms. The van der Waals surface area contributed by atoms with Gasteiger partial charge in [0.1, 0.15) is 0 Å². The van der Waals surface area contributed by atoms with Crippen molar-refractivity contribution in [3.8, 4) is 0 Å². The first-order valence-corrected chi connectivity index (χ1v) is 8.32. The number of benzene rings is 1. The molecule has 1 rings (SSSR count). The van der Waals surface area contributed by atoms with Gasteiger partial charge in [-0.3, -0.25) is 0 Å². The van der Waals surface area contributed by atoms with Crippen LogP contribution in [0.15, 0.2) is 29.2 Å². The second-order valence-corrected chi connectivity index (χ2v) is 6.72. The van der Waals surface area contributed by atoms with E-state index in [1.807, 2.05) is 0 Å². The van der Waals surface area contributed by atoms with Crippen LogP contribution >= 0.6 is 0 Å². The van der Waals surface area contributed by atoms with Crippen LogP contribution in [0.25, 0.3) is 0 Å². The first kappa shape index (κ1) is 15.2. The van der Waals surface area contributed by atoms with E-state index in [-0.39, 0.29) is 0 Å². The van der Waals surface area contributed by atoms with Crippen molar-refractivity contribution in [1.82, 2.24) is 0 Å². The Kier molecular flexibility index (Phi) is 5.82. The average molecular weight is 270 g/mol. The Morgan fingerprint density at radius 3 is 2.22 bits per heavy atom. The molecular formula is C14H22O3S. The molecule has 4 heteroatoms. The highest BCUT2D eigenvalue weighted by molar-refractivity contribution is 7.90. The molecule has 1 unspecified atom stereocenters. The molecule has 1 atom stereocenters. The maximum absolute atomic E-state index is 11.3. The highest BCUT2D eigenvalue weighted by Gasteiger charge is 2.10. The fraction of sp³-hybridized carbons (Fsp3) is 0.571. The van der Waals surface area contributed by atoms with Crippen molar-refractivity contribution in [1.29, 1.82) is 0 Å². The largest absolute Gasteiger partial charge is 0.388 e. The molecule has 0 radical (unpaired) electrons. The topological polar surface area (TPSA) is 54.4 Å². The van der Waals surface area contributed by atoms with Crippen molar-refractivity contribution in [3.63, 3.8) is 0 Å². The Bertz CT molecular complexity index is 448. The SMILES string of the molecule is CCCCCCC(O)c1ccc(S(C)(=O)=O)cc1. The molecule has 102 valence electrons. The molecule has 0 bridgehead atoms. The number of aliphatic hydroxyl groups is 1. The lowest BCUT2D eigenvalue weighted by molar-refractivity contribution is 0.163. The summed E-state index contributed by atoms with van der Waals surface area (Å²) in [5, 5.41) is 9.96. The van der Waals surface area contributed by atoms with E-state index < -0.39 is 15.9 Å². The van der Waals surface area contributed by atoms with Crippen molar-refractivity contribution >= 4 is 9.84 Å². The summed E-state index contributed by atoms with van der Waals surface area (Å²) in [7, 11) is -3.15. The molecule has 1 aromatic carbocycles. The minimum atomic E-state index is -3.15. The number of unbranched alkanes of at least 4 members (excludes halogenated alkanes) is 3. The maximum atomic E-state index is 11.3. The summed E-state index contributed by atoms with van der Waals surface area (Å²) in [4.78, 5) is 0.296. The molecule has 0 amide bonds. The van der Waals surface area contributed by atoms with Gasteiger partial charge in [0.05, 0.1) is 11.0 Å². The molecule has 18 heavy (non-hydrogen) atoms. The molecule has 0 aliphatic rings. The summed E-state index contributed by atoms with van der Waals surface area (Å²) in [5.41, 5.74) is 0.791. The fourth-order valence-electron chi connectivity index (χ4n) is 1.87. The lowest BCUT2D eigenvalue weighted by Gasteiger charge is -2.11. The third kappa shape index (κ3) is 4.78. The molecule has 0 aliphatic heterocycles. The maximum Gasteiger partial charge on any atom is 0.175 e. The molecule has 0 saturated carbocycles. The van der Waals surface area contributed by atoms with Gasteiger partial charge in [-0.25, -0.2) is 8.42 Å². The van der Waals surface area contributed by atoms with Crippen molar-refractivity contribution < 1.29 is 13.5 Å². The van der Waals surface area contributed by atoms with Crippen LogP contribution in [0.3, 0.4) is 0 Å². The van der Waals surface area contributed by atoms with Crippen molar-refractivity contribution in [3.05, 3.63) is 29.8 Å². The monoisotopic (exact) mass is 270 g/mol. The first-order valence-electron chi connectivity index (χ1n) is 6.43. The van der Waals surface area contributed by atoms with E-state index in [0.29, 0.717) is 4.90 Å². The Morgan fingerprint density at radius 1 is 1.11 bits per heavy atom. The van der Waals surface area contributed by atoms with Gasteiger partial charge in [0.25, 0.3) is 0 Å². The van der Waals surface area contributed by atoms with Gasteiger partial charge in [-0.2, -0.15) is 0 Å². The Balaban J connectivity index is 2.57. The standard InChI is InChI=1S/C14H22O3S/c1-3-4-5-6-7-14(15)12-8-10-13(11-9-12)18(2,16)17/h8-11,14-15H,3-7H2,1-2H3. The Labute approximate surface area is 110 Å². The molecule has 1 aromatic rings. The third-order valence-corrected chi connectivity index (χ3v) is 4.15. The van der Waals surface area contributed by atoms with Crippen LogP contribution in [0, 0.1) is 0 Å². The fourth-order valence-corrected chi connectivity index (χ4v) is 2.50. The minimum absolute atomic E-state index is 0.296. The minimum Gasteiger partial charge on any atom is -0.388 e. The van der Waals surface area contributed by atoms with Gasteiger partial charge >= 0.3 is 0 Å². The Morgan fingerprint density at radius 2 is 1.72 bits per heavy atom. The van der Waals surface area contributed by atoms with E-state index in [4.69, 9.17) is 0 Å². The molecule has 0 aromatic heterocycles. The van der Waals surface area contributed by atoms with Crippen molar-refractivity contribution in [2.45, 2.75) is 50.0 Å². The predicted molar refractivity (Wildman–Crippen MR) is 73.3 cm³/mol. The predicted octanol–water partition coefficient (Wildman–Crippen LogP) is 3.09. The van der Waals surface area contributed by atoms with Gasteiger partial charge in [-0.1, -0.05) is 44.7 Å². The van der Waals surface area contributed by atoms with Crippen LogP contribution in [0.4, 0.5) is 0 Å². The number of aliphatic hydroxyl groups excluding tert-OH is 1. The molecule has 1 N–H and O–H groups in total. The van der Waals surface area contributed by atoms with Crippen LogP contribution in [-0.4, -0.2) is 19.8 Å². The smallest absolute Gasteiger partial charge is 0.175 e. The van der Waals surface area contributed by atoms with E-state index in [9.17, 15) is 13.5 Å². The summed E-state index contributed by atoms with van der Waals surface area (Å²) in [6.07, 6.45) is 5.94. The molecule has 0 fully saturated rings. The van der Waals surface area contributed by atoms with Gasteiger partial charge in [0.15, 0.2) is 9.84 Å². The van der Waals surface area contributed by atoms with Crippen LogP contribution in [0.5, 0.6) is 0 Å². The molecule has 0 aliphatic carbocycles. The second-order valence-electron chi connectivity index (χ2n) is 4.71. The van der Waals surface area contributed by atoms with E-state index in [1.54, 1.807) is 24.3 Å². The number of hydrogen-bond acceptors (Lipinski definition) is 3. The van der Waals surface area contributed by atoms with Crippen LogP contribution in [-0.2, 0) is 9.84 Å². The van der Waals surface area contributed by atoms with Crippen LogP contribution < -0.4 is 0 Å². The summed E-state index contributed by atoms with van der Waals surface area (Å²) in [5.74, 6) is 0. The van der Waals surface area contributed by atoms with Gasteiger partial charge in [0.2, 0.25) is 0 Å². The molecule has 3 nitrogen and oxygen atoms in total. The number of sulfone groups is 1. The van der Waals surface area contributed by atoms with Gasteiger partial charge in [-0.05, 0) is 24.1 Å². The summed E-state index contributed by atoms with van der Waals surface area (Å²) in [6, 6.07) is 6.50. The Hall–Kier alpha value is -0.870. The number of rotatable bonds is 7. The van der Waals surface area contributed by atoms with Crippen molar-refractivity contribution in [2.75, 3.05) is 6.26 Å². The quantitative estimate of drug-likeness (QED) is 0.775. The molecule has 0 saturated heterocycles. The van der Waals surface area contributed by atoms with E-state index >= 15 is 0 Å². The van der Waals surface area contributed by atoms with Crippen molar-refractivity contribution in [2.24, 2.45) is 0 Å². The van der Waals surface area contributed by atoms with E-state index in [0.717, 1.165) is 24.8 Å². The lowest BCUT2D eigenvalue weighted by Crippen LogP contribution is -2.00. The summed E-state index contributed by atoms with van der Waals surface area (Å²) >= 11 is 0. The highest BCUT2D eigenvalue weighted by atomic mass is 32.2. The number of hydrogen-bond donors (Lipinski definition) is 1. The van der Waals surface area contributed by atoms with E-state index in [1.165, 1.54) is 19.1 Å². The van der Waals surface area contributed by atoms with Gasteiger partial charge in [0, 0.05) is 6.26 Å². The summed E-state index contributed by atoms with van der Waals surface area (Å²) < 4.78 is 22.6. The molecule has 0 heterocycles. The zero-order chi connectivity index (χ0) is 13.6. The highest BCUT2D eigenvalue weighted by Crippen LogP contribution is 2.21. The summed E-state index contributed by atoms with van der Waals surface area (Å²) in [6.45, 7) is 2.15. The average Bonchev–Trinajstić information content (AvgIpc) is 2.33. The van der Waals surface area contributed by atoms with Crippen LogP contribution in [0.1, 0.15) is 50.7 Å². The third-order valence-electron chi connectivity index (χ3n) is 3.02. The van der Waals surface area contributed by atoms with Crippen LogP contribution in [0.2, 0.25) is 0 Å². The van der Waals surface area contributed by atoms with Gasteiger partial charge < -0.3 is 5.11 Å².